The molecule has 0 fully saturated rings. The minimum Gasteiger partial charge on any atom is -0.166 e. The van der Waals surface area contributed by atoms with Crippen LogP contribution in [0.2, 0.25) is 0 Å². The molecule has 0 bridgehead atoms. The Labute approximate surface area is 94.5 Å². The normalized spacial score (nSPS) is 13.9. The summed E-state index contributed by atoms with van der Waals surface area (Å²) in [6.45, 7) is 5.66. The van der Waals surface area contributed by atoms with Crippen LogP contribution < -0.4 is 0 Å². The molecule has 90 valence electrons. The van der Waals surface area contributed by atoms with Crippen LogP contribution in [0, 0.1) is 0 Å². The predicted octanol–water partition coefficient (Wildman–Crippen LogP) is 4.78. The maximum atomic E-state index is 12.9. The van der Waals surface area contributed by atoms with Gasteiger partial charge in [-0.15, -0.1) is 0 Å². The van der Waals surface area contributed by atoms with E-state index in [1.165, 1.54) is 12.1 Å². The first-order valence-corrected chi connectivity index (χ1v) is 5.60. The standard InChI is InChI=1S/C13H17F3/c1-4-9(3)12-10(5-2)7-6-8-11(12)13(14,15)16/h6-9H,4-5H2,1-3H3. The van der Waals surface area contributed by atoms with Gasteiger partial charge in [0.15, 0.2) is 0 Å². The first-order valence-electron chi connectivity index (χ1n) is 5.60. The van der Waals surface area contributed by atoms with Gasteiger partial charge in [0.25, 0.3) is 0 Å². The number of alkyl halides is 3. The van der Waals surface area contributed by atoms with Gasteiger partial charge in [-0.2, -0.15) is 13.2 Å². The topological polar surface area (TPSA) is 0 Å². The molecule has 16 heavy (non-hydrogen) atoms. The number of halogens is 3. The molecule has 1 aromatic carbocycles. The molecule has 1 atom stereocenters. The van der Waals surface area contributed by atoms with Gasteiger partial charge in [-0.3, -0.25) is 0 Å². The van der Waals surface area contributed by atoms with Crippen molar-refractivity contribution in [3.05, 3.63) is 34.9 Å². The van der Waals surface area contributed by atoms with E-state index in [1.54, 1.807) is 6.07 Å². The van der Waals surface area contributed by atoms with E-state index >= 15 is 0 Å². The molecule has 0 aliphatic carbocycles. The van der Waals surface area contributed by atoms with Crippen molar-refractivity contribution in [3.8, 4) is 0 Å². The van der Waals surface area contributed by atoms with Crippen molar-refractivity contribution in [3.63, 3.8) is 0 Å². The third-order valence-corrected chi connectivity index (χ3v) is 2.99. The van der Waals surface area contributed by atoms with Crippen LogP contribution in [0.25, 0.3) is 0 Å². The molecular formula is C13H17F3. The smallest absolute Gasteiger partial charge is 0.166 e. The average molecular weight is 230 g/mol. The summed E-state index contributed by atoms with van der Waals surface area (Å²) in [6.07, 6.45) is -2.88. The Morgan fingerprint density at radius 3 is 2.25 bits per heavy atom. The molecule has 1 aromatic rings. The van der Waals surface area contributed by atoms with Crippen LogP contribution in [0.3, 0.4) is 0 Å². The summed E-state index contributed by atoms with van der Waals surface area (Å²) >= 11 is 0. The molecule has 0 nitrogen and oxygen atoms in total. The average Bonchev–Trinajstić information content (AvgIpc) is 2.25. The van der Waals surface area contributed by atoms with Crippen molar-refractivity contribution in [1.29, 1.82) is 0 Å². The third-order valence-electron chi connectivity index (χ3n) is 2.99. The largest absolute Gasteiger partial charge is 0.416 e. The van der Waals surface area contributed by atoms with Gasteiger partial charge in [0.2, 0.25) is 0 Å². The van der Waals surface area contributed by atoms with Crippen LogP contribution in [-0.4, -0.2) is 0 Å². The van der Waals surface area contributed by atoms with Crippen molar-refractivity contribution in [1.82, 2.24) is 0 Å². The van der Waals surface area contributed by atoms with E-state index in [4.69, 9.17) is 0 Å². The summed E-state index contributed by atoms with van der Waals surface area (Å²) in [5.41, 5.74) is 0.811. The third kappa shape index (κ3) is 2.57. The highest BCUT2D eigenvalue weighted by atomic mass is 19.4. The van der Waals surface area contributed by atoms with Crippen molar-refractivity contribution in [2.24, 2.45) is 0 Å². The number of hydrogen-bond acceptors (Lipinski definition) is 0. The predicted molar refractivity (Wildman–Crippen MR) is 59.5 cm³/mol. The highest BCUT2D eigenvalue weighted by Crippen LogP contribution is 2.37. The summed E-state index contributed by atoms with van der Waals surface area (Å²) < 4.78 is 38.6. The molecule has 3 heteroatoms. The monoisotopic (exact) mass is 230 g/mol. The summed E-state index contributed by atoms with van der Waals surface area (Å²) in [5, 5.41) is 0. The van der Waals surface area contributed by atoms with Crippen molar-refractivity contribution in [2.75, 3.05) is 0 Å². The second kappa shape index (κ2) is 4.89. The van der Waals surface area contributed by atoms with E-state index in [0.29, 0.717) is 12.0 Å². The second-order valence-electron chi connectivity index (χ2n) is 4.04. The molecule has 0 radical (unpaired) electrons. The summed E-state index contributed by atoms with van der Waals surface area (Å²) in [4.78, 5) is 0. The lowest BCUT2D eigenvalue weighted by molar-refractivity contribution is -0.138. The summed E-state index contributed by atoms with van der Waals surface area (Å²) in [6, 6.07) is 4.46. The maximum Gasteiger partial charge on any atom is 0.416 e. The molecular weight excluding hydrogens is 213 g/mol. The van der Waals surface area contributed by atoms with E-state index in [0.717, 1.165) is 12.0 Å². The van der Waals surface area contributed by atoms with Gasteiger partial charge in [0, 0.05) is 0 Å². The van der Waals surface area contributed by atoms with Gasteiger partial charge < -0.3 is 0 Å². The Morgan fingerprint density at radius 2 is 1.81 bits per heavy atom. The molecule has 0 aliphatic heterocycles. The van der Waals surface area contributed by atoms with Gasteiger partial charge in [0.1, 0.15) is 0 Å². The van der Waals surface area contributed by atoms with Gasteiger partial charge in [-0.1, -0.05) is 32.9 Å². The van der Waals surface area contributed by atoms with Crippen LogP contribution >= 0.6 is 0 Å². The first kappa shape index (κ1) is 13.1. The van der Waals surface area contributed by atoms with E-state index < -0.39 is 11.7 Å². The van der Waals surface area contributed by atoms with Crippen molar-refractivity contribution in [2.45, 2.75) is 45.7 Å². The Hall–Kier alpha value is -0.990. The number of aryl methyl sites for hydroxylation is 1. The fourth-order valence-electron chi connectivity index (χ4n) is 1.95. The van der Waals surface area contributed by atoms with Gasteiger partial charge in [0.05, 0.1) is 5.56 Å². The zero-order valence-electron chi connectivity index (χ0n) is 9.86. The Bertz CT molecular complexity index is 353. The highest BCUT2D eigenvalue weighted by Gasteiger charge is 2.34. The zero-order chi connectivity index (χ0) is 12.3. The molecule has 0 saturated heterocycles. The molecule has 0 heterocycles. The second-order valence-corrected chi connectivity index (χ2v) is 4.04. The van der Waals surface area contributed by atoms with Crippen LogP contribution in [0.15, 0.2) is 18.2 Å². The van der Waals surface area contributed by atoms with E-state index in [2.05, 4.69) is 0 Å². The Morgan fingerprint density at radius 1 is 1.19 bits per heavy atom. The molecule has 1 unspecified atom stereocenters. The molecule has 0 aromatic heterocycles. The quantitative estimate of drug-likeness (QED) is 0.700. The molecule has 0 aliphatic rings. The van der Waals surface area contributed by atoms with Gasteiger partial charge in [-0.05, 0) is 36.0 Å². The van der Waals surface area contributed by atoms with Crippen molar-refractivity contribution < 1.29 is 13.2 Å². The van der Waals surface area contributed by atoms with E-state index in [1.807, 2.05) is 20.8 Å². The number of benzene rings is 1. The van der Waals surface area contributed by atoms with Crippen molar-refractivity contribution >= 4 is 0 Å². The minimum absolute atomic E-state index is 0.0484. The van der Waals surface area contributed by atoms with Gasteiger partial charge in [-0.25, -0.2) is 0 Å². The maximum absolute atomic E-state index is 12.9. The fraction of sp³-hybridized carbons (Fsp3) is 0.538. The van der Waals surface area contributed by atoms with Crippen LogP contribution in [0.5, 0.6) is 0 Å². The lowest BCUT2D eigenvalue weighted by Gasteiger charge is -2.20. The summed E-state index contributed by atoms with van der Waals surface area (Å²) in [7, 11) is 0. The number of rotatable bonds is 3. The van der Waals surface area contributed by atoms with Crippen LogP contribution in [-0.2, 0) is 12.6 Å². The zero-order valence-corrected chi connectivity index (χ0v) is 9.86. The molecule has 0 saturated carbocycles. The minimum atomic E-state index is -4.25. The summed E-state index contributed by atoms with van der Waals surface area (Å²) in [5.74, 6) is -0.0484. The Kier molecular flexibility index (Phi) is 4.00. The van der Waals surface area contributed by atoms with Gasteiger partial charge >= 0.3 is 6.18 Å². The molecule has 0 spiro atoms. The first-order chi connectivity index (χ1) is 7.41. The lowest BCUT2D eigenvalue weighted by atomic mass is 9.88. The van der Waals surface area contributed by atoms with Crippen LogP contribution in [0.4, 0.5) is 13.2 Å². The Balaban J connectivity index is 3.38. The molecule has 0 amide bonds. The highest BCUT2D eigenvalue weighted by molar-refractivity contribution is 5.39. The lowest BCUT2D eigenvalue weighted by Crippen LogP contribution is -2.13. The number of hydrogen-bond donors (Lipinski definition) is 0. The van der Waals surface area contributed by atoms with Crippen LogP contribution in [0.1, 0.15) is 49.8 Å². The van der Waals surface area contributed by atoms with E-state index in [9.17, 15) is 13.2 Å². The van der Waals surface area contributed by atoms with E-state index in [-0.39, 0.29) is 5.92 Å². The SMILES string of the molecule is CCc1cccc(C(F)(F)F)c1C(C)CC. The fourth-order valence-corrected chi connectivity index (χ4v) is 1.95. The molecule has 0 N–H and O–H groups in total. The molecule has 1 rings (SSSR count).